The third-order valence-electron chi connectivity index (χ3n) is 5.53. The van der Waals surface area contributed by atoms with Crippen molar-refractivity contribution >= 4 is 21.6 Å². The molecule has 3 aromatic rings. The minimum Gasteiger partial charge on any atom is -0.497 e. The van der Waals surface area contributed by atoms with Crippen LogP contribution >= 0.6 is 0 Å². The maximum atomic E-state index is 12.6. The van der Waals surface area contributed by atoms with Gasteiger partial charge in [-0.3, -0.25) is 9.52 Å². The second-order valence-electron chi connectivity index (χ2n) is 7.81. The number of nitrogens with one attached hydrogen (secondary N) is 2. The van der Waals surface area contributed by atoms with Crippen LogP contribution in [0.15, 0.2) is 77.7 Å². The monoisotopic (exact) mass is 466 g/mol. The smallest absolute Gasteiger partial charge is 0.261 e. The number of rotatable bonds is 8. The summed E-state index contributed by atoms with van der Waals surface area (Å²) in [5.41, 5.74) is 2.83. The summed E-state index contributed by atoms with van der Waals surface area (Å²) in [6.07, 6.45) is 2.96. The third kappa shape index (κ3) is 5.64. The predicted octanol–water partition coefficient (Wildman–Crippen LogP) is 4.07. The van der Waals surface area contributed by atoms with Crippen LogP contribution in [-0.4, -0.2) is 28.0 Å². The van der Waals surface area contributed by atoms with Crippen molar-refractivity contribution in [3.63, 3.8) is 0 Å². The van der Waals surface area contributed by atoms with Gasteiger partial charge in [-0.25, -0.2) is 8.42 Å². The van der Waals surface area contributed by atoms with E-state index in [1.54, 1.807) is 24.3 Å². The van der Waals surface area contributed by atoms with Crippen LogP contribution in [0.4, 0.5) is 5.69 Å². The van der Waals surface area contributed by atoms with E-state index in [2.05, 4.69) is 22.2 Å². The minimum absolute atomic E-state index is 0.0127. The molecule has 0 aromatic heterocycles. The Labute approximate surface area is 193 Å². The second-order valence-corrected chi connectivity index (χ2v) is 9.49. The van der Waals surface area contributed by atoms with Crippen molar-refractivity contribution in [1.29, 1.82) is 0 Å². The molecule has 1 aliphatic carbocycles. The van der Waals surface area contributed by atoms with Gasteiger partial charge in [-0.05, 0) is 66.8 Å². The summed E-state index contributed by atoms with van der Waals surface area (Å²) in [6.45, 7) is -0.146. The van der Waals surface area contributed by atoms with E-state index < -0.39 is 10.0 Å². The van der Waals surface area contributed by atoms with Crippen molar-refractivity contribution < 1.29 is 22.7 Å². The van der Waals surface area contributed by atoms with E-state index in [9.17, 15) is 13.2 Å². The first-order valence-corrected chi connectivity index (χ1v) is 12.2. The molecule has 33 heavy (non-hydrogen) atoms. The number of amides is 1. The molecule has 2 N–H and O–H groups in total. The van der Waals surface area contributed by atoms with Gasteiger partial charge in [-0.15, -0.1) is 0 Å². The van der Waals surface area contributed by atoms with Gasteiger partial charge in [0.05, 0.1) is 23.7 Å². The zero-order valence-electron chi connectivity index (χ0n) is 18.3. The van der Waals surface area contributed by atoms with Crippen molar-refractivity contribution in [2.75, 3.05) is 18.4 Å². The Morgan fingerprint density at radius 2 is 1.79 bits per heavy atom. The summed E-state index contributed by atoms with van der Waals surface area (Å²) in [4.78, 5) is 12.5. The van der Waals surface area contributed by atoms with Crippen molar-refractivity contribution in [2.45, 2.75) is 30.2 Å². The first-order chi connectivity index (χ1) is 15.9. The molecule has 7 nitrogen and oxygen atoms in total. The van der Waals surface area contributed by atoms with Gasteiger partial charge in [0.1, 0.15) is 11.5 Å². The molecule has 1 amide bonds. The Hall–Kier alpha value is -3.52. The van der Waals surface area contributed by atoms with Crippen LogP contribution in [0.1, 0.15) is 30.0 Å². The standard InChI is InChI=1S/C25H26N2O5S/c1-31-21-9-5-8-19(16-21)27-33(29,30)22-14-12-20(13-15-22)32-17-25(28)26-24-11-4-7-18-6-2-3-10-23(18)24/h2-3,5-6,8-10,12-16,24,27H,4,7,11,17H2,1H3,(H,26,28)/t24-/m1/s1. The number of methoxy groups -OCH3 is 1. The van der Waals surface area contributed by atoms with Crippen LogP contribution in [0.25, 0.3) is 0 Å². The zero-order valence-corrected chi connectivity index (χ0v) is 19.1. The second kappa shape index (κ2) is 9.95. The SMILES string of the molecule is COc1cccc(NS(=O)(=O)c2ccc(OCC(=O)N[C@@H]3CCCc4ccccc43)cc2)c1. The topological polar surface area (TPSA) is 93.7 Å². The lowest BCUT2D eigenvalue weighted by atomic mass is 9.88. The number of aryl methyl sites for hydroxylation is 1. The Kier molecular flexibility index (Phi) is 6.84. The Morgan fingerprint density at radius 1 is 1.00 bits per heavy atom. The molecule has 0 spiro atoms. The van der Waals surface area contributed by atoms with E-state index in [0.29, 0.717) is 17.2 Å². The maximum absolute atomic E-state index is 12.6. The third-order valence-corrected chi connectivity index (χ3v) is 6.93. The highest BCUT2D eigenvalue weighted by molar-refractivity contribution is 7.92. The number of hydrogen-bond acceptors (Lipinski definition) is 5. The lowest BCUT2D eigenvalue weighted by Gasteiger charge is -2.26. The first-order valence-electron chi connectivity index (χ1n) is 10.7. The highest BCUT2D eigenvalue weighted by Crippen LogP contribution is 2.29. The zero-order chi connectivity index (χ0) is 23.3. The number of sulfonamides is 1. The van der Waals surface area contributed by atoms with Gasteiger partial charge in [0, 0.05) is 6.07 Å². The van der Waals surface area contributed by atoms with Crippen molar-refractivity contribution in [3.05, 3.63) is 83.9 Å². The van der Waals surface area contributed by atoms with Crippen LogP contribution in [-0.2, 0) is 21.2 Å². The molecular weight excluding hydrogens is 440 g/mol. The average molecular weight is 467 g/mol. The fraction of sp³-hybridized carbons (Fsp3) is 0.240. The van der Waals surface area contributed by atoms with E-state index in [1.807, 2.05) is 12.1 Å². The molecule has 0 unspecified atom stereocenters. The van der Waals surface area contributed by atoms with Gasteiger partial charge in [0.2, 0.25) is 0 Å². The summed E-state index contributed by atoms with van der Waals surface area (Å²) >= 11 is 0. The van der Waals surface area contributed by atoms with E-state index in [4.69, 9.17) is 9.47 Å². The summed E-state index contributed by atoms with van der Waals surface area (Å²) in [5.74, 6) is 0.747. The number of ether oxygens (including phenoxy) is 2. The van der Waals surface area contributed by atoms with Crippen LogP contribution in [0.2, 0.25) is 0 Å². The summed E-state index contributed by atoms with van der Waals surface area (Å²) in [5, 5.41) is 3.04. The Balaban J connectivity index is 1.33. The van der Waals surface area contributed by atoms with E-state index in [-0.39, 0.29) is 23.5 Å². The fourth-order valence-electron chi connectivity index (χ4n) is 3.90. The van der Waals surface area contributed by atoms with Gasteiger partial charge in [-0.2, -0.15) is 0 Å². The molecule has 8 heteroatoms. The highest BCUT2D eigenvalue weighted by Gasteiger charge is 2.21. The molecule has 4 rings (SSSR count). The number of carbonyl (C=O) groups is 1. The predicted molar refractivity (Wildman–Crippen MR) is 126 cm³/mol. The molecular formula is C25H26N2O5S. The van der Waals surface area contributed by atoms with Crippen LogP contribution in [0.3, 0.4) is 0 Å². The fourth-order valence-corrected chi connectivity index (χ4v) is 4.95. The molecule has 1 atom stereocenters. The highest BCUT2D eigenvalue weighted by atomic mass is 32.2. The summed E-state index contributed by atoms with van der Waals surface area (Å²) in [6, 6.07) is 20.7. The molecule has 0 fully saturated rings. The number of hydrogen-bond donors (Lipinski definition) is 2. The summed E-state index contributed by atoms with van der Waals surface area (Å²) < 4.78 is 38.5. The average Bonchev–Trinajstić information content (AvgIpc) is 2.83. The molecule has 0 saturated heterocycles. The summed E-state index contributed by atoms with van der Waals surface area (Å²) in [7, 11) is -2.26. The lowest BCUT2D eigenvalue weighted by molar-refractivity contribution is -0.124. The van der Waals surface area contributed by atoms with Crippen LogP contribution < -0.4 is 19.5 Å². The molecule has 0 bridgehead atoms. The lowest BCUT2D eigenvalue weighted by Crippen LogP contribution is -2.34. The van der Waals surface area contributed by atoms with Crippen LogP contribution in [0.5, 0.6) is 11.5 Å². The van der Waals surface area contributed by atoms with E-state index >= 15 is 0 Å². The molecule has 0 saturated carbocycles. The van der Waals surface area contributed by atoms with Gasteiger partial charge < -0.3 is 14.8 Å². The normalized spacial score (nSPS) is 15.2. The quantitative estimate of drug-likeness (QED) is 0.522. The first kappa shape index (κ1) is 22.7. The van der Waals surface area contributed by atoms with Gasteiger partial charge in [0.15, 0.2) is 6.61 Å². The number of fused-ring (bicyclic) bond motifs is 1. The van der Waals surface area contributed by atoms with Crippen LogP contribution in [0, 0.1) is 0 Å². The molecule has 0 heterocycles. The molecule has 3 aromatic carbocycles. The largest absolute Gasteiger partial charge is 0.497 e. The van der Waals surface area contributed by atoms with E-state index in [0.717, 1.165) is 24.8 Å². The van der Waals surface area contributed by atoms with Crippen molar-refractivity contribution in [2.24, 2.45) is 0 Å². The van der Waals surface area contributed by atoms with E-state index in [1.165, 1.54) is 36.9 Å². The number of carbonyl (C=O) groups excluding carboxylic acids is 1. The van der Waals surface area contributed by atoms with Gasteiger partial charge >= 0.3 is 0 Å². The Bertz CT molecular complexity index is 1230. The number of anilines is 1. The Morgan fingerprint density at radius 3 is 2.58 bits per heavy atom. The molecule has 1 aliphatic rings. The number of benzene rings is 3. The van der Waals surface area contributed by atoms with Crippen molar-refractivity contribution in [1.82, 2.24) is 5.32 Å². The molecule has 0 radical (unpaired) electrons. The maximum Gasteiger partial charge on any atom is 0.261 e. The molecule has 172 valence electrons. The van der Waals surface area contributed by atoms with Crippen molar-refractivity contribution in [3.8, 4) is 11.5 Å². The molecule has 0 aliphatic heterocycles. The minimum atomic E-state index is -3.77. The van der Waals surface area contributed by atoms with Gasteiger partial charge in [-0.1, -0.05) is 30.3 Å². The van der Waals surface area contributed by atoms with Gasteiger partial charge in [0.25, 0.3) is 15.9 Å².